The van der Waals surface area contributed by atoms with Crippen molar-refractivity contribution in [2.75, 3.05) is 24.5 Å². The van der Waals surface area contributed by atoms with Crippen molar-refractivity contribution in [3.8, 4) is 0 Å². The van der Waals surface area contributed by atoms with E-state index in [0.29, 0.717) is 18.0 Å². The second-order valence-corrected chi connectivity index (χ2v) is 8.53. The Labute approximate surface area is 142 Å². The van der Waals surface area contributed by atoms with Gasteiger partial charge in [-0.25, -0.2) is 8.42 Å². The maximum absolute atomic E-state index is 12.8. The number of rotatable bonds is 4. The maximum Gasteiger partial charge on any atom is 0.243 e. The third kappa shape index (κ3) is 2.71. The van der Waals surface area contributed by atoms with Gasteiger partial charge in [0.1, 0.15) is 0 Å². The third-order valence-corrected chi connectivity index (χ3v) is 6.78. The summed E-state index contributed by atoms with van der Waals surface area (Å²) >= 11 is 0. The van der Waals surface area contributed by atoms with Gasteiger partial charge in [-0.3, -0.25) is 4.68 Å². The lowest BCUT2D eigenvalue weighted by atomic mass is 10.2. The first-order chi connectivity index (χ1) is 11.5. The Morgan fingerprint density at radius 3 is 2.67 bits per heavy atom. The highest BCUT2D eigenvalue weighted by Gasteiger charge is 2.29. The van der Waals surface area contributed by atoms with Crippen molar-refractivity contribution in [1.29, 1.82) is 0 Å². The molecule has 0 bridgehead atoms. The summed E-state index contributed by atoms with van der Waals surface area (Å²) in [5, 5.41) is 4.21. The zero-order valence-corrected chi connectivity index (χ0v) is 14.7. The normalized spacial score (nSPS) is 18.3. The predicted octanol–water partition coefficient (Wildman–Crippen LogP) is 1.77. The molecule has 0 N–H and O–H groups in total. The fourth-order valence-corrected chi connectivity index (χ4v) is 5.14. The molecule has 24 heavy (non-hydrogen) atoms. The summed E-state index contributed by atoms with van der Waals surface area (Å²) in [6.45, 7) is 2.95. The molecule has 0 aliphatic carbocycles. The van der Waals surface area contributed by atoms with Crippen LogP contribution in [0.4, 0.5) is 5.69 Å². The zero-order chi connectivity index (χ0) is 16.7. The van der Waals surface area contributed by atoms with Crippen LogP contribution in [0, 0.1) is 0 Å². The molecule has 0 atom stereocenters. The van der Waals surface area contributed by atoms with Crippen molar-refractivity contribution in [2.24, 2.45) is 7.05 Å². The predicted molar refractivity (Wildman–Crippen MR) is 92.4 cm³/mol. The van der Waals surface area contributed by atoms with E-state index in [1.165, 1.54) is 5.56 Å². The number of aryl methyl sites for hydroxylation is 1. The standard InChI is InChI=1S/C17H22N4O2S/c1-19-12-14(11-18-19)13-20-9-6-15-4-5-16(10-17(15)20)24(22,23)21-7-2-3-8-21/h4-5,10-12H,2-3,6-9,13H2,1H3. The average molecular weight is 346 g/mol. The molecule has 0 radical (unpaired) electrons. The molecule has 1 aromatic heterocycles. The van der Waals surface area contributed by atoms with Crippen molar-refractivity contribution in [3.63, 3.8) is 0 Å². The van der Waals surface area contributed by atoms with Gasteiger partial charge in [0, 0.05) is 50.7 Å². The fraction of sp³-hybridized carbons (Fsp3) is 0.471. The van der Waals surface area contributed by atoms with E-state index >= 15 is 0 Å². The molecule has 2 aliphatic rings. The summed E-state index contributed by atoms with van der Waals surface area (Å²) in [5.41, 5.74) is 3.40. The summed E-state index contributed by atoms with van der Waals surface area (Å²) in [6, 6.07) is 5.59. The van der Waals surface area contributed by atoms with E-state index < -0.39 is 10.0 Å². The quantitative estimate of drug-likeness (QED) is 0.847. The largest absolute Gasteiger partial charge is 0.366 e. The van der Waals surface area contributed by atoms with Gasteiger partial charge in [-0.2, -0.15) is 9.40 Å². The number of hydrogen-bond donors (Lipinski definition) is 0. The van der Waals surface area contributed by atoms with E-state index in [2.05, 4.69) is 10.00 Å². The van der Waals surface area contributed by atoms with Crippen molar-refractivity contribution >= 4 is 15.7 Å². The summed E-state index contributed by atoms with van der Waals surface area (Å²) in [4.78, 5) is 2.66. The lowest BCUT2D eigenvalue weighted by Gasteiger charge is -2.20. The molecule has 128 valence electrons. The Morgan fingerprint density at radius 2 is 1.96 bits per heavy atom. The summed E-state index contributed by atoms with van der Waals surface area (Å²) < 4.78 is 29.0. The van der Waals surface area contributed by atoms with Crippen molar-refractivity contribution in [2.45, 2.75) is 30.7 Å². The van der Waals surface area contributed by atoms with E-state index in [-0.39, 0.29) is 0 Å². The van der Waals surface area contributed by atoms with E-state index in [0.717, 1.165) is 43.6 Å². The number of sulfonamides is 1. The zero-order valence-electron chi connectivity index (χ0n) is 13.9. The second kappa shape index (κ2) is 5.89. The van der Waals surface area contributed by atoms with Crippen LogP contribution in [0.3, 0.4) is 0 Å². The number of fused-ring (bicyclic) bond motifs is 1. The van der Waals surface area contributed by atoms with Gasteiger partial charge in [0.15, 0.2) is 0 Å². The third-order valence-electron chi connectivity index (χ3n) is 4.88. The van der Waals surface area contributed by atoms with Gasteiger partial charge in [-0.1, -0.05) is 6.07 Å². The van der Waals surface area contributed by atoms with Gasteiger partial charge in [0.05, 0.1) is 11.1 Å². The van der Waals surface area contributed by atoms with Crippen LogP contribution >= 0.6 is 0 Å². The Hall–Kier alpha value is -1.86. The van der Waals surface area contributed by atoms with E-state index in [4.69, 9.17) is 0 Å². The lowest BCUT2D eigenvalue weighted by Crippen LogP contribution is -2.28. The molecule has 0 spiro atoms. The van der Waals surface area contributed by atoms with Crippen molar-refractivity contribution in [1.82, 2.24) is 14.1 Å². The molecule has 4 rings (SSSR count). The van der Waals surface area contributed by atoms with E-state index in [1.54, 1.807) is 15.1 Å². The molecule has 6 nitrogen and oxygen atoms in total. The molecule has 1 fully saturated rings. The number of nitrogens with zero attached hydrogens (tertiary/aromatic N) is 4. The first kappa shape index (κ1) is 15.7. The van der Waals surface area contributed by atoms with E-state index in [1.807, 2.05) is 31.6 Å². The molecule has 1 saturated heterocycles. The van der Waals surface area contributed by atoms with Crippen molar-refractivity contribution < 1.29 is 8.42 Å². The van der Waals surface area contributed by atoms with Crippen LogP contribution in [0.2, 0.25) is 0 Å². The fourth-order valence-electron chi connectivity index (χ4n) is 3.60. The molecule has 3 heterocycles. The van der Waals surface area contributed by atoms with E-state index in [9.17, 15) is 8.42 Å². The van der Waals surface area contributed by atoms with Crippen LogP contribution in [0.15, 0.2) is 35.5 Å². The number of aromatic nitrogens is 2. The number of benzene rings is 1. The summed E-state index contributed by atoms with van der Waals surface area (Å²) in [7, 11) is -1.46. The molecule has 0 saturated carbocycles. The van der Waals surface area contributed by atoms with Gasteiger partial charge >= 0.3 is 0 Å². The minimum atomic E-state index is -3.36. The average Bonchev–Trinajstić information content (AvgIpc) is 3.29. The lowest BCUT2D eigenvalue weighted by molar-refractivity contribution is 0.477. The number of hydrogen-bond acceptors (Lipinski definition) is 4. The van der Waals surface area contributed by atoms with Crippen LogP contribution in [0.25, 0.3) is 0 Å². The first-order valence-electron chi connectivity index (χ1n) is 8.39. The molecule has 2 aliphatic heterocycles. The Bertz CT molecular complexity index is 853. The molecular weight excluding hydrogens is 324 g/mol. The molecule has 0 amide bonds. The highest BCUT2D eigenvalue weighted by Crippen LogP contribution is 2.33. The van der Waals surface area contributed by atoms with Crippen molar-refractivity contribution in [3.05, 3.63) is 41.7 Å². The van der Waals surface area contributed by atoms with Crippen LogP contribution in [-0.2, 0) is 30.0 Å². The molecule has 7 heteroatoms. The minimum Gasteiger partial charge on any atom is -0.366 e. The first-order valence-corrected chi connectivity index (χ1v) is 9.83. The highest BCUT2D eigenvalue weighted by atomic mass is 32.2. The SMILES string of the molecule is Cn1cc(CN2CCc3ccc(S(=O)(=O)N4CCCC4)cc32)cn1. The van der Waals surface area contributed by atoms with Gasteiger partial charge in [0.25, 0.3) is 0 Å². The molecule has 1 aromatic carbocycles. The topological polar surface area (TPSA) is 58.4 Å². The van der Waals surface area contributed by atoms with Gasteiger partial charge in [0.2, 0.25) is 10.0 Å². The summed E-state index contributed by atoms with van der Waals surface area (Å²) in [6.07, 6.45) is 6.74. The van der Waals surface area contributed by atoms with Gasteiger partial charge in [-0.15, -0.1) is 0 Å². The monoisotopic (exact) mass is 346 g/mol. The second-order valence-electron chi connectivity index (χ2n) is 6.60. The maximum atomic E-state index is 12.8. The molecule has 0 unspecified atom stereocenters. The molecular formula is C17H22N4O2S. The van der Waals surface area contributed by atoms with Crippen LogP contribution in [-0.4, -0.2) is 42.1 Å². The van der Waals surface area contributed by atoms with Crippen LogP contribution in [0.1, 0.15) is 24.0 Å². The molecule has 2 aromatic rings. The summed E-state index contributed by atoms with van der Waals surface area (Å²) in [5.74, 6) is 0. The van der Waals surface area contributed by atoms with Gasteiger partial charge < -0.3 is 4.90 Å². The Kier molecular flexibility index (Phi) is 3.85. The highest BCUT2D eigenvalue weighted by molar-refractivity contribution is 7.89. The van der Waals surface area contributed by atoms with Crippen LogP contribution < -0.4 is 4.90 Å². The Balaban J connectivity index is 1.63. The van der Waals surface area contributed by atoms with Crippen LogP contribution in [0.5, 0.6) is 0 Å². The van der Waals surface area contributed by atoms with Gasteiger partial charge in [-0.05, 0) is 37.0 Å². The number of anilines is 1. The minimum absolute atomic E-state index is 0.418. The Morgan fingerprint density at radius 1 is 1.17 bits per heavy atom. The smallest absolute Gasteiger partial charge is 0.243 e.